The Morgan fingerprint density at radius 1 is 1.57 bits per heavy atom. The van der Waals surface area contributed by atoms with Gasteiger partial charge < -0.3 is 9.47 Å². The van der Waals surface area contributed by atoms with E-state index in [-0.39, 0.29) is 5.92 Å². The van der Waals surface area contributed by atoms with Gasteiger partial charge >= 0.3 is 5.97 Å². The summed E-state index contributed by atoms with van der Waals surface area (Å²) in [5.74, 6) is -0.871. The number of carbonyl (C=O) groups is 1. The minimum absolute atomic E-state index is 0.311. The maximum Gasteiger partial charge on any atom is 0.313 e. The molecule has 1 heterocycles. The number of ether oxygens (including phenoxy) is 2. The van der Waals surface area contributed by atoms with Crippen LogP contribution in [0.5, 0.6) is 0 Å². The second kappa shape index (κ2) is 4.08. The van der Waals surface area contributed by atoms with Crippen LogP contribution in [0.1, 0.15) is 13.3 Å². The lowest BCUT2D eigenvalue weighted by molar-refractivity contribution is -0.154. The molecular formula is C9H10N2O3. The van der Waals surface area contributed by atoms with Gasteiger partial charge in [-0.05, 0) is 6.42 Å². The third-order valence-electron chi connectivity index (χ3n) is 1.99. The van der Waals surface area contributed by atoms with Crippen LogP contribution in [-0.2, 0) is 14.3 Å². The molecule has 0 amide bonds. The molecule has 1 saturated heterocycles. The second-order valence-electron chi connectivity index (χ2n) is 3.24. The first kappa shape index (κ1) is 10.5. The Hall–Kier alpha value is -1.59. The van der Waals surface area contributed by atoms with Crippen LogP contribution in [0.2, 0.25) is 0 Å². The molecule has 14 heavy (non-hydrogen) atoms. The Labute approximate surface area is 81.8 Å². The molecule has 1 aliphatic heterocycles. The molecule has 74 valence electrons. The highest BCUT2D eigenvalue weighted by molar-refractivity contribution is 5.74. The van der Waals surface area contributed by atoms with Crippen LogP contribution in [-0.4, -0.2) is 24.8 Å². The Bertz CT molecular complexity index is 293. The van der Waals surface area contributed by atoms with Gasteiger partial charge in [0.05, 0.1) is 12.5 Å². The van der Waals surface area contributed by atoms with Crippen LogP contribution in [0.25, 0.3) is 0 Å². The number of nitriles is 2. The zero-order valence-electron chi connectivity index (χ0n) is 7.82. The predicted octanol–water partition coefficient (Wildman–Crippen LogP) is 0.372. The van der Waals surface area contributed by atoms with Gasteiger partial charge in [-0.15, -0.1) is 0 Å². The number of nitrogens with zero attached hydrogens (tertiary/aromatic N) is 2. The standard InChI is InChI=1S/C9H10N2O3/c1-9(5-10,6-11)14-8(12)7-2-3-13-4-7/h7H,2-4H2,1H3. The van der Waals surface area contributed by atoms with E-state index in [0.29, 0.717) is 19.6 Å². The summed E-state index contributed by atoms with van der Waals surface area (Å²) in [4.78, 5) is 11.4. The summed E-state index contributed by atoms with van der Waals surface area (Å²) in [6.07, 6.45) is 0.589. The molecule has 1 rings (SSSR count). The van der Waals surface area contributed by atoms with Crippen molar-refractivity contribution in [3.05, 3.63) is 0 Å². The Balaban J connectivity index is 2.56. The quantitative estimate of drug-likeness (QED) is 0.593. The molecule has 0 aromatic heterocycles. The summed E-state index contributed by atoms with van der Waals surface area (Å²) in [7, 11) is 0. The van der Waals surface area contributed by atoms with E-state index in [1.54, 1.807) is 12.1 Å². The van der Waals surface area contributed by atoms with Gasteiger partial charge in [-0.2, -0.15) is 10.5 Å². The normalized spacial score (nSPS) is 20.9. The van der Waals surface area contributed by atoms with Gasteiger partial charge in [-0.1, -0.05) is 0 Å². The summed E-state index contributed by atoms with van der Waals surface area (Å²) >= 11 is 0. The Kier molecular flexibility index (Phi) is 3.06. The highest BCUT2D eigenvalue weighted by Gasteiger charge is 2.33. The smallest absolute Gasteiger partial charge is 0.313 e. The zero-order chi connectivity index (χ0) is 10.6. The molecule has 0 spiro atoms. The van der Waals surface area contributed by atoms with E-state index in [1.807, 2.05) is 0 Å². The number of rotatable bonds is 2. The molecule has 0 N–H and O–H groups in total. The number of hydrogen-bond donors (Lipinski definition) is 0. The van der Waals surface area contributed by atoms with E-state index in [9.17, 15) is 4.79 Å². The summed E-state index contributed by atoms with van der Waals surface area (Å²) in [6, 6.07) is 3.28. The zero-order valence-corrected chi connectivity index (χ0v) is 7.82. The van der Waals surface area contributed by atoms with Crippen molar-refractivity contribution in [2.45, 2.75) is 18.9 Å². The minimum atomic E-state index is -1.68. The first-order valence-electron chi connectivity index (χ1n) is 4.24. The van der Waals surface area contributed by atoms with Gasteiger partial charge in [-0.3, -0.25) is 4.79 Å². The number of carbonyl (C=O) groups excluding carboxylic acids is 1. The summed E-state index contributed by atoms with van der Waals surface area (Å²) < 4.78 is 9.77. The van der Waals surface area contributed by atoms with Gasteiger partial charge in [0.15, 0.2) is 0 Å². The first-order valence-corrected chi connectivity index (χ1v) is 4.24. The summed E-state index contributed by atoms with van der Waals surface area (Å²) in [5, 5.41) is 17.2. The maximum atomic E-state index is 11.4. The molecule has 0 aromatic rings. The van der Waals surface area contributed by atoms with E-state index < -0.39 is 11.6 Å². The summed E-state index contributed by atoms with van der Waals surface area (Å²) in [6.45, 7) is 2.10. The number of hydrogen-bond acceptors (Lipinski definition) is 5. The van der Waals surface area contributed by atoms with Crippen molar-refractivity contribution >= 4 is 5.97 Å². The molecule has 0 bridgehead atoms. The highest BCUT2D eigenvalue weighted by atomic mass is 16.6. The largest absolute Gasteiger partial charge is 0.430 e. The van der Waals surface area contributed by atoms with E-state index in [4.69, 9.17) is 20.0 Å². The minimum Gasteiger partial charge on any atom is -0.430 e. The second-order valence-corrected chi connectivity index (χ2v) is 3.24. The van der Waals surface area contributed by atoms with Crippen LogP contribution >= 0.6 is 0 Å². The SMILES string of the molecule is CC(C#N)(C#N)OC(=O)C1CCOC1. The van der Waals surface area contributed by atoms with Gasteiger partial charge in [0, 0.05) is 13.5 Å². The molecular weight excluding hydrogens is 184 g/mol. The van der Waals surface area contributed by atoms with Crippen molar-refractivity contribution in [1.82, 2.24) is 0 Å². The highest BCUT2D eigenvalue weighted by Crippen LogP contribution is 2.18. The molecule has 5 nitrogen and oxygen atoms in total. The fourth-order valence-corrected chi connectivity index (χ4v) is 1.08. The third kappa shape index (κ3) is 2.21. The average Bonchev–Trinajstić information content (AvgIpc) is 2.70. The fraction of sp³-hybridized carbons (Fsp3) is 0.667. The Morgan fingerprint density at radius 3 is 2.64 bits per heavy atom. The monoisotopic (exact) mass is 194 g/mol. The molecule has 1 atom stereocenters. The molecule has 1 fully saturated rings. The van der Waals surface area contributed by atoms with E-state index in [1.165, 1.54) is 6.92 Å². The topological polar surface area (TPSA) is 83.1 Å². The third-order valence-corrected chi connectivity index (χ3v) is 1.99. The lowest BCUT2D eigenvalue weighted by atomic mass is 10.1. The Morgan fingerprint density at radius 2 is 2.21 bits per heavy atom. The van der Waals surface area contributed by atoms with E-state index in [2.05, 4.69) is 0 Å². The van der Waals surface area contributed by atoms with Gasteiger partial charge in [0.1, 0.15) is 12.1 Å². The van der Waals surface area contributed by atoms with Crippen LogP contribution < -0.4 is 0 Å². The lowest BCUT2D eigenvalue weighted by Gasteiger charge is -2.15. The van der Waals surface area contributed by atoms with Crippen molar-refractivity contribution in [3.63, 3.8) is 0 Å². The molecule has 0 aromatic carbocycles. The van der Waals surface area contributed by atoms with E-state index in [0.717, 1.165) is 0 Å². The van der Waals surface area contributed by atoms with Crippen molar-refractivity contribution in [2.24, 2.45) is 5.92 Å². The van der Waals surface area contributed by atoms with Crippen LogP contribution in [0.3, 0.4) is 0 Å². The van der Waals surface area contributed by atoms with Gasteiger partial charge in [-0.25, -0.2) is 0 Å². The van der Waals surface area contributed by atoms with Crippen molar-refractivity contribution in [1.29, 1.82) is 10.5 Å². The van der Waals surface area contributed by atoms with Crippen LogP contribution in [0.15, 0.2) is 0 Å². The van der Waals surface area contributed by atoms with Gasteiger partial charge in [0.25, 0.3) is 5.60 Å². The molecule has 0 aliphatic carbocycles. The van der Waals surface area contributed by atoms with Crippen LogP contribution in [0.4, 0.5) is 0 Å². The van der Waals surface area contributed by atoms with Crippen molar-refractivity contribution in [2.75, 3.05) is 13.2 Å². The van der Waals surface area contributed by atoms with Crippen LogP contribution in [0, 0.1) is 28.6 Å². The first-order chi connectivity index (χ1) is 6.61. The van der Waals surface area contributed by atoms with Gasteiger partial charge in [0.2, 0.25) is 0 Å². The number of esters is 1. The predicted molar refractivity (Wildman–Crippen MR) is 44.6 cm³/mol. The molecule has 5 heteroatoms. The van der Waals surface area contributed by atoms with Crippen molar-refractivity contribution < 1.29 is 14.3 Å². The maximum absolute atomic E-state index is 11.4. The molecule has 0 saturated carbocycles. The molecule has 1 aliphatic rings. The molecule has 1 unspecified atom stereocenters. The van der Waals surface area contributed by atoms with E-state index >= 15 is 0 Å². The molecule has 0 radical (unpaired) electrons. The lowest BCUT2D eigenvalue weighted by Crippen LogP contribution is -2.31. The van der Waals surface area contributed by atoms with Crippen molar-refractivity contribution in [3.8, 4) is 12.1 Å². The average molecular weight is 194 g/mol. The fourth-order valence-electron chi connectivity index (χ4n) is 1.08. The summed E-state index contributed by atoms with van der Waals surface area (Å²) in [5.41, 5.74) is -1.68.